The molecule has 2 heterocycles. The quantitative estimate of drug-likeness (QED) is 0.546. The molecule has 1 aromatic heterocycles. The predicted octanol–water partition coefficient (Wildman–Crippen LogP) is 1.43. The lowest BCUT2D eigenvalue weighted by molar-refractivity contribution is 0.196. The Balaban J connectivity index is 2.03. The molecule has 5 N–H and O–H groups in total. The molecule has 1 unspecified atom stereocenters. The summed E-state index contributed by atoms with van der Waals surface area (Å²) in [4.78, 5) is 8.46. The molecule has 26 heavy (non-hydrogen) atoms. The first-order valence-electron chi connectivity index (χ1n) is 7.81. The van der Waals surface area contributed by atoms with Gasteiger partial charge in [-0.1, -0.05) is 0 Å². The Hall–Kier alpha value is -1.95. The van der Waals surface area contributed by atoms with Crippen LogP contribution in [0.4, 0.5) is 17.5 Å². The van der Waals surface area contributed by atoms with Crippen LogP contribution in [-0.4, -0.2) is 43.3 Å². The van der Waals surface area contributed by atoms with Gasteiger partial charge in [0.2, 0.25) is 16.0 Å². The third kappa shape index (κ3) is 4.41. The predicted molar refractivity (Wildman–Crippen MR) is 100 cm³/mol. The van der Waals surface area contributed by atoms with E-state index in [4.69, 9.17) is 9.88 Å². The van der Waals surface area contributed by atoms with Gasteiger partial charge in [-0.15, -0.1) is 0 Å². The van der Waals surface area contributed by atoms with Crippen LogP contribution in [0.1, 0.15) is 6.42 Å². The smallest absolute Gasteiger partial charge is 0.241 e. The summed E-state index contributed by atoms with van der Waals surface area (Å²) in [5.41, 5.74) is 0.554. The minimum atomic E-state index is -3.93. The monoisotopic (exact) mass is 443 g/mol. The summed E-state index contributed by atoms with van der Waals surface area (Å²) in [6.45, 7) is 0.643. The van der Waals surface area contributed by atoms with E-state index in [0.29, 0.717) is 34.9 Å². The number of hydrogen-bond acceptors (Lipinski definition) is 8. The van der Waals surface area contributed by atoms with Crippen molar-refractivity contribution >= 4 is 43.4 Å². The molecule has 0 saturated carbocycles. The molecule has 1 aliphatic rings. The molecule has 140 valence electrons. The van der Waals surface area contributed by atoms with E-state index in [2.05, 4.69) is 36.5 Å². The molecular formula is C15H18BrN5O4S. The SMILES string of the molecule is NS(=O)(=O)c1ccc2cc1OCCC(CO)CNc1nc(ncc1Br)N2. The lowest BCUT2D eigenvalue weighted by atomic mass is 10.1. The van der Waals surface area contributed by atoms with E-state index in [0.717, 1.165) is 0 Å². The zero-order valence-electron chi connectivity index (χ0n) is 13.6. The van der Waals surface area contributed by atoms with Gasteiger partial charge >= 0.3 is 0 Å². The van der Waals surface area contributed by atoms with Crippen molar-refractivity contribution in [3.05, 3.63) is 28.9 Å². The van der Waals surface area contributed by atoms with E-state index in [-0.39, 0.29) is 29.8 Å². The summed E-state index contributed by atoms with van der Waals surface area (Å²) >= 11 is 3.39. The van der Waals surface area contributed by atoms with Crippen LogP contribution >= 0.6 is 15.9 Å². The van der Waals surface area contributed by atoms with Crippen LogP contribution in [0, 0.1) is 5.92 Å². The Bertz CT molecular complexity index is 909. The highest BCUT2D eigenvalue weighted by Gasteiger charge is 2.18. The van der Waals surface area contributed by atoms with E-state index in [9.17, 15) is 13.5 Å². The number of rotatable bonds is 2. The van der Waals surface area contributed by atoms with E-state index < -0.39 is 10.0 Å². The highest BCUT2D eigenvalue weighted by molar-refractivity contribution is 9.10. The Morgan fingerprint density at radius 1 is 1.42 bits per heavy atom. The topological polar surface area (TPSA) is 139 Å². The lowest BCUT2D eigenvalue weighted by Gasteiger charge is -2.16. The van der Waals surface area contributed by atoms with Crippen LogP contribution in [-0.2, 0) is 10.0 Å². The average molecular weight is 444 g/mol. The molecule has 0 fully saturated rings. The maximum atomic E-state index is 11.8. The molecule has 1 aliphatic heterocycles. The molecule has 9 nitrogen and oxygen atoms in total. The normalized spacial score (nSPS) is 17.6. The van der Waals surface area contributed by atoms with Crippen LogP contribution in [0.5, 0.6) is 5.75 Å². The van der Waals surface area contributed by atoms with Gasteiger partial charge in [0.05, 0.1) is 11.1 Å². The van der Waals surface area contributed by atoms with Crippen molar-refractivity contribution in [2.75, 3.05) is 30.4 Å². The summed E-state index contributed by atoms with van der Waals surface area (Å²) < 4.78 is 29.9. The van der Waals surface area contributed by atoms with E-state index in [1.165, 1.54) is 12.1 Å². The van der Waals surface area contributed by atoms with Gasteiger partial charge in [0.1, 0.15) is 16.5 Å². The number of nitrogens with one attached hydrogen (secondary N) is 2. The number of nitrogens with two attached hydrogens (primary N) is 1. The molecule has 11 heteroatoms. The Labute approximate surface area is 159 Å². The fraction of sp³-hybridized carbons (Fsp3) is 0.333. The molecule has 3 rings (SSSR count). The minimum Gasteiger partial charge on any atom is -0.492 e. The third-order valence-electron chi connectivity index (χ3n) is 3.85. The van der Waals surface area contributed by atoms with Crippen molar-refractivity contribution in [3.8, 4) is 5.75 Å². The molecule has 1 aromatic carbocycles. The Morgan fingerprint density at radius 2 is 2.23 bits per heavy atom. The summed E-state index contributed by atoms with van der Waals surface area (Å²) in [5, 5.41) is 21.0. The first kappa shape index (κ1) is 18.8. The van der Waals surface area contributed by atoms with Crippen LogP contribution in [0.3, 0.4) is 0 Å². The van der Waals surface area contributed by atoms with Gasteiger partial charge in [-0.25, -0.2) is 18.5 Å². The van der Waals surface area contributed by atoms with Crippen LogP contribution in [0.15, 0.2) is 33.8 Å². The van der Waals surface area contributed by atoms with Gasteiger partial charge in [0, 0.05) is 37.0 Å². The first-order chi connectivity index (χ1) is 12.4. The maximum Gasteiger partial charge on any atom is 0.241 e. The van der Waals surface area contributed by atoms with Crippen LogP contribution in [0.2, 0.25) is 0 Å². The summed E-state index contributed by atoms with van der Waals surface area (Å²) in [5.74, 6) is 0.946. The van der Waals surface area contributed by atoms with Gasteiger partial charge in [-0.2, -0.15) is 4.98 Å². The second-order valence-corrected chi connectivity index (χ2v) is 8.17. The number of benzene rings is 1. The lowest BCUT2D eigenvalue weighted by Crippen LogP contribution is -2.21. The molecule has 2 aromatic rings. The summed E-state index contributed by atoms with van der Waals surface area (Å²) in [7, 11) is -3.93. The molecule has 0 radical (unpaired) electrons. The molecule has 4 bridgehead atoms. The van der Waals surface area contributed by atoms with E-state index in [1.807, 2.05) is 0 Å². The van der Waals surface area contributed by atoms with Crippen LogP contribution in [0.25, 0.3) is 0 Å². The van der Waals surface area contributed by atoms with E-state index >= 15 is 0 Å². The number of ether oxygens (including phenoxy) is 1. The number of fused-ring (bicyclic) bond motifs is 4. The van der Waals surface area contributed by atoms with Crippen LogP contribution < -0.4 is 20.5 Å². The zero-order valence-corrected chi connectivity index (χ0v) is 16.0. The average Bonchev–Trinajstić information content (AvgIpc) is 2.59. The second kappa shape index (κ2) is 7.74. The second-order valence-electron chi connectivity index (χ2n) is 5.79. The number of anilines is 3. The fourth-order valence-electron chi connectivity index (χ4n) is 2.45. The number of aliphatic hydroxyl groups is 1. The number of nitrogens with zero attached hydrogens (tertiary/aromatic N) is 2. The third-order valence-corrected chi connectivity index (χ3v) is 5.38. The van der Waals surface area contributed by atoms with Gasteiger partial charge < -0.3 is 20.5 Å². The van der Waals surface area contributed by atoms with Gasteiger partial charge in [0.15, 0.2) is 0 Å². The number of halogens is 1. The molecule has 1 atom stereocenters. The highest BCUT2D eigenvalue weighted by Crippen LogP contribution is 2.29. The number of sulfonamides is 1. The maximum absolute atomic E-state index is 11.8. The van der Waals surface area contributed by atoms with E-state index in [1.54, 1.807) is 12.3 Å². The number of aromatic nitrogens is 2. The van der Waals surface area contributed by atoms with Crippen molar-refractivity contribution in [2.24, 2.45) is 11.1 Å². The largest absolute Gasteiger partial charge is 0.492 e. The molecule has 0 amide bonds. The van der Waals surface area contributed by atoms with Gasteiger partial charge in [0.25, 0.3) is 0 Å². The van der Waals surface area contributed by atoms with Crippen molar-refractivity contribution in [1.82, 2.24) is 9.97 Å². The number of aliphatic hydroxyl groups excluding tert-OH is 1. The Morgan fingerprint density at radius 3 is 2.96 bits per heavy atom. The molecular weight excluding hydrogens is 426 g/mol. The standard InChI is InChI=1S/C15H18BrN5O4S/c16-11-7-19-15-20-10-1-2-13(26(17,23)24)12(5-10)25-4-3-9(8-22)6-18-14(11)21-15/h1-2,5,7,9,22H,3-4,6,8H2,(H2,17,23,24)(H2,18,19,20,21). The molecule has 0 saturated heterocycles. The number of primary sulfonamides is 1. The van der Waals surface area contributed by atoms with Gasteiger partial charge in [-0.3, -0.25) is 0 Å². The fourth-order valence-corrected chi connectivity index (χ4v) is 3.44. The summed E-state index contributed by atoms with van der Waals surface area (Å²) in [6, 6.07) is 4.46. The summed E-state index contributed by atoms with van der Waals surface area (Å²) in [6.07, 6.45) is 2.11. The Kier molecular flexibility index (Phi) is 5.61. The molecule has 0 aliphatic carbocycles. The number of hydrogen-bond donors (Lipinski definition) is 4. The zero-order chi connectivity index (χ0) is 18.7. The highest BCUT2D eigenvalue weighted by atomic mass is 79.9. The minimum absolute atomic E-state index is 0.0494. The van der Waals surface area contributed by atoms with Crippen molar-refractivity contribution in [1.29, 1.82) is 0 Å². The van der Waals surface area contributed by atoms with Crippen molar-refractivity contribution < 1.29 is 18.3 Å². The first-order valence-corrected chi connectivity index (χ1v) is 10.1. The van der Waals surface area contributed by atoms with Crippen molar-refractivity contribution in [2.45, 2.75) is 11.3 Å². The van der Waals surface area contributed by atoms with Gasteiger partial charge in [-0.05, 0) is 34.5 Å². The molecule has 0 spiro atoms. The van der Waals surface area contributed by atoms with Crippen molar-refractivity contribution in [3.63, 3.8) is 0 Å².